The average molecular weight is 422 g/mol. The maximum atomic E-state index is 13.0. The molecule has 0 aliphatic heterocycles. The van der Waals surface area contributed by atoms with Crippen LogP contribution in [0.25, 0.3) is 0 Å². The van der Waals surface area contributed by atoms with E-state index in [1.54, 1.807) is 12.1 Å². The summed E-state index contributed by atoms with van der Waals surface area (Å²) in [6.07, 6.45) is 3.94. The molecule has 1 aliphatic carbocycles. The molecule has 3 aromatic rings. The minimum absolute atomic E-state index is 0.259. The number of hydrogen-bond donors (Lipinski definition) is 1. The van der Waals surface area contributed by atoms with E-state index in [0.717, 1.165) is 24.6 Å². The molecule has 4 rings (SSSR count). The number of aryl methyl sites for hydroxylation is 2. The number of oxazole rings is 1. The molecule has 1 amide bonds. The van der Waals surface area contributed by atoms with Crippen LogP contribution in [0.2, 0.25) is 0 Å². The van der Waals surface area contributed by atoms with E-state index in [1.807, 2.05) is 0 Å². The van der Waals surface area contributed by atoms with Crippen LogP contribution in [0.1, 0.15) is 51.5 Å². The van der Waals surface area contributed by atoms with Crippen molar-refractivity contribution in [1.82, 2.24) is 15.2 Å². The predicted molar refractivity (Wildman–Crippen MR) is 117 cm³/mol. The number of hydrogen-bond acceptors (Lipinski definition) is 4. The smallest absolute Gasteiger partial charge is 0.273 e. The van der Waals surface area contributed by atoms with Gasteiger partial charge in [-0.05, 0) is 61.4 Å². The molecule has 2 aromatic carbocycles. The summed E-state index contributed by atoms with van der Waals surface area (Å²) in [6, 6.07) is 12.6. The Morgan fingerprint density at radius 3 is 2.68 bits per heavy atom. The second-order valence-electron chi connectivity index (χ2n) is 8.48. The summed E-state index contributed by atoms with van der Waals surface area (Å²) in [6.45, 7) is 6.95. The fourth-order valence-electron chi connectivity index (χ4n) is 3.62. The van der Waals surface area contributed by atoms with Gasteiger partial charge in [0.25, 0.3) is 5.91 Å². The topological polar surface area (TPSA) is 58.4 Å². The van der Waals surface area contributed by atoms with Crippen LogP contribution < -0.4 is 5.32 Å². The predicted octanol–water partition coefficient (Wildman–Crippen LogP) is 4.77. The fourth-order valence-corrected chi connectivity index (χ4v) is 3.62. The number of carbonyl (C=O) groups excluding carboxylic acids is 1. The highest BCUT2D eigenvalue weighted by molar-refractivity contribution is 5.91. The van der Waals surface area contributed by atoms with Crippen LogP contribution in [0.15, 0.2) is 53.1 Å². The van der Waals surface area contributed by atoms with Gasteiger partial charge in [0.2, 0.25) is 5.89 Å². The average Bonchev–Trinajstić information content (AvgIpc) is 3.44. The van der Waals surface area contributed by atoms with Crippen LogP contribution in [0.5, 0.6) is 0 Å². The Morgan fingerprint density at radius 2 is 1.94 bits per heavy atom. The summed E-state index contributed by atoms with van der Waals surface area (Å²) in [7, 11) is 0. The number of carbonyl (C=O) groups is 1. The van der Waals surface area contributed by atoms with Gasteiger partial charge in [-0.15, -0.1) is 0 Å². The molecule has 1 N–H and O–H groups in total. The Labute approximate surface area is 182 Å². The van der Waals surface area contributed by atoms with Gasteiger partial charge < -0.3 is 9.73 Å². The molecule has 0 spiro atoms. The van der Waals surface area contributed by atoms with Crippen molar-refractivity contribution in [2.75, 3.05) is 6.54 Å². The molecule has 1 aromatic heterocycles. The Bertz CT molecular complexity index is 1040. The molecule has 1 fully saturated rings. The third-order valence-corrected chi connectivity index (χ3v) is 5.62. The monoisotopic (exact) mass is 421 g/mol. The first-order valence-electron chi connectivity index (χ1n) is 10.7. The Hall–Kier alpha value is -2.99. The quantitative estimate of drug-likeness (QED) is 0.541. The molecule has 1 aliphatic rings. The second-order valence-corrected chi connectivity index (χ2v) is 8.48. The van der Waals surface area contributed by atoms with Crippen molar-refractivity contribution >= 4 is 5.91 Å². The van der Waals surface area contributed by atoms with E-state index < -0.39 is 0 Å². The van der Waals surface area contributed by atoms with Crippen molar-refractivity contribution < 1.29 is 13.6 Å². The first-order chi connectivity index (χ1) is 15.0. The molecule has 0 saturated heterocycles. The lowest BCUT2D eigenvalue weighted by Gasteiger charge is -2.22. The first kappa shape index (κ1) is 21.2. The Balaban J connectivity index is 1.38. The lowest BCUT2D eigenvalue weighted by molar-refractivity contribution is 0.0945. The van der Waals surface area contributed by atoms with E-state index in [1.165, 1.54) is 47.9 Å². The number of rotatable bonds is 9. The van der Waals surface area contributed by atoms with Gasteiger partial charge >= 0.3 is 0 Å². The largest absolute Gasteiger partial charge is 0.447 e. The van der Waals surface area contributed by atoms with Gasteiger partial charge in [0.1, 0.15) is 12.1 Å². The second kappa shape index (κ2) is 9.43. The molecule has 5 nitrogen and oxygen atoms in total. The van der Waals surface area contributed by atoms with Crippen molar-refractivity contribution in [1.29, 1.82) is 0 Å². The highest BCUT2D eigenvalue weighted by Crippen LogP contribution is 2.31. The van der Waals surface area contributed by atoms with E-state index in [-0.39, 0.29) is 17.4 Å². The summed E-state index contributed by atoms with van der Waals surface area (Å²) >= 11 is 0. The molecule has 0 bridgehead atoms. The molecule has 0 atom stereocenters. The molecule has 1 saturated carbocycles. The van der Waals surface area contributed by atoms with E-state index in [4.69, 9.17) is 4.42 Å². The Morgan fingerprint density at radius 1 is 1.16 bits per heavy atom. The summed E-state index contributed by atoms with van der Waals surface area (Å²) in [5.41, 5.74) is 4.92. The van der Waals surface area contributed by atoms with Gasteiger partial charge in [-0.3, -0.25) is 9.69 Å². The minimum atomic E-state index is -0.303. The standard InChI is InChI=1S/C25H28FN3O2/c1-17-3-4-18(2)21(11-17)14-29(13-20-5-6-20)15-24-28-23(16-31-24)25(30)27-12-19-7-9-22(26)10-8-19/h3-4,7-11,16,20H,5-6,12-15H2,1-2H3,(H,27,30). The third-order valence-electron chi connectivity index (χ3n) is 5.62. The number of nitrogens with one attached hydrogen (secondary N) is 1. The van der Waals surface area contributed by atoms with Crippen LogP contribution in [0.4, 0.5) is 4.39 Å². The Kier molecular flexibility index (Phi) is 6.47. The number of amides is 1. The molecular formula is C25H28FN3O2. The SMILES string of the molecule is Cc1ccc(C)c(CN(Cc2nc(C(=O)NCc3ccc(F)cc3)co2)CC2CC2)c1. The van der Waals surface area contributed by atoms with Crippen molar-refractivity contribution in [3.8, 4) is 0 Å². The summed E-state index contributed by atoms with van der Waals surface area (Å²) in [4.78, 5) is 19.2. The van der Waals surface area contributed by atoms with E-state index in [2.05, 4.69) is 47.2 Å². The number of nitrogens with zero attached hydrogens (tertiary/aromatic N) is 2. The highest BCUT2D eigenvalue weighted by Gasteiger charge is 2.26. The third kappa shape index (κ3) is 6.01. The maximum Gasteiger partial charge on any atom is 0.273 e. The maximum absolute atomic E-state index is 13.0. The zero-order valence-electron chi connectivity index (χ0n) is 18.0. The molecule has 1 heterocycles. The molecular weight excluding hydrogens is 393 g/mol. The lowest BCUT2D eigenvalue weighted by atomic mass is 10.1. The van der Waals surface area contributed by atoms with Gasteiger partial charge in [-0.25, -0.2) is 9.37 Å². The van der Waals surface area contributed by atoms with Crippen molar-refractivity contribution in [3.63, 3.8) is 0 Å². The van der Waals surface area contributed by atoms with Crippen LogP contribution >= 0.6 is 0 Å². The minimum Gasteiger partial charge on any atom is -0.447 e. The highest BCUT2D eigenvalue weighted by atomic mass is 19.1. The van der Waals surface area contributed by atoms with E-state index in [9.17, 15) is 9.18 Å². The lowest BCUT2D eigenvalue weighted by Crippen LogP contribution is -2.26. The van der Waals surface area contributed by atoms with Crippen LogP contribution in [-0.4, -0.2) is 22.3 Å². The molecule has 31 heavy (non-hydrogen) atoms. The van der Waals surface area contributed by atoms with Gasteiger partial charge in [0, 0.05) is 19.6 Å². The van der Waals surface area contributed by atoms with Crippen LogP contribution in [-0.2, 0) is 19.6 Å². The summed E-state index contributed by atoms with van der Waals surface area (Å²) in [5.74, 6) is 0.673. The van der Waals surface area contributed by atoms with E-state index in [0.29, 0.717) is 19.0 Å². The fraction of sp³-hybridized carbons (Fsp3) is 0.360. The van der Waals surface area contributed by atoms with Crippen molar-refractivity contribution in [2.45, 2.75) is 46.3 Å². The molecule has 162 valence electrons. The normalized spacial score (nSPS) is 13.5. The van der Waals surface area contributed by atoms with Gasteiger partial charge in [-0.2, -0.15) is 0 Å². The van der Waals surface area contributed by atoms with Gasteiger partial charge in [0.05, 0.1) is 6.54 Å². The van der Waals surface area contributed by atoms with Gasteiger partial charge in [0.15, 0.2) is 5.69 Å². The van der Waals surface area contributed by atoms with E-state index >= 15 is 0 Å². The first-order valence-corrected chi connectivity index (χ1v) is 10.7. The van der Waals surface area contributed by atoms with Crippen molar-refractivity contribution in [2.24, 2.45) is 5.92 Å². The number of aromatic nitrogens is 1. The summed E-state index contributed by atoms with van der Waals surface area (Å²) < 4.78 is 18.6. The van der Waals surface area contributed by atoms with Crippen LogP contribution in [0.3, 0.4) is 0 Å². The zero-order valence-corrected chi connectivity index (χ0v) is 18.0. The van der Waals surface area contributed by atoms with Crippen LogP contribution in [0, 0.1) is 25.6 Å². The molecule has 6 heteroatoms. The van der Waals surface area contributed by atoms with Crippen molar-refractivity contribution in [3.05, 3.63) is 88.4 Å². The van der Waals surface area contributed by atoms with Gasteiger partial charge in [-0.1, -0.05) is 35.9 Å². The molecule has 0 radical (unpaired) electrons. The molecule has 0 unspecified atom stereocenters. The zero-order chi connectivity index (χ0) is 21.8. The number of halogens is 1. The summed E-state index contributed by atoms with van der Waals surface area (Å²) in [5, 5.41) is 2.80. The number of benzene rings is 2.